The Morgan fingerprint density at radius 1 is 0.872 bits per heavy atom. The van der Waals surface area contributed by atoms with Crippen molar-refractivity contribution in [3.8, 4) is 11.5 Å². The van der Waals surface area contributed by atoms with Crippen LogP contribution in [0.4, 0.5) is 11.4 Å². The molecule has 5 rings (SSSR count). The highest BCUT2D eigenvalue weighted by molar-refractivity contribution is 6.56. The fourth-order valence-corrected chi connectivity index (χ4v) is 6.05. The van der Waals surface area contributed by atoms with E-state index >= 15 is 0 Å². The second-order valence-electron chi connectivity index (χ2n) is 11.4. The lowest BCUT2D eigenvalue weighted by atomic mass is 9.78. The van der Waals surface area contributed by atoms with Crippen molar-refractivity contribution >= 4 is 40.3 Å². The number of Topliss-reactive ketones (excluding diaryl/α,β-unsaturated/α-hetero) is 1. The molecule has 0 unspecified atom stereocenters. The minimum absolute atomic E-state index is 0.0478. The monoisotopic (exact) mass is 637 g/mol. The summed E-state index contributed by atoms with van der Waals surface area (Å²) in [5.74, 6) is -0.926. The number of rotatable bonds is 11. The van der Waals surface area contributed by atoms with E-state index in [1.807, 2.05) is 83.1 Å². The molecule has 1 amide bonds. The molecule has 10 nitrogen and oxygen atoms in total. The van der Waals surface area contributed by atoms with E-state index in [1.54, 1.807) is 20.1 Å². The fourth-order valence-electron chi connectivity index (χ4n) is 6.05. The summed E-state index contributed by atoms with van der Waals surface area (Å²) in [6.07, 6.45) is 0. The van der Waals surface area contributed by atoms with E-state index in [2.05, 4.69) is 10.0 Å². The van der Waals surface area contributed by atoms with Gasteiger partial charge in [-0.2, -0.15) is 10.1 Å². The van der Waals surface area contributed by atoms with Crippen LogP contribution >= 0.6 is 0 Å². The summed E-state index contributed by atoms with van der Waals surface area (Å²) in [4.78, 5) is 42.7. The van der Waals surface area contributed by atoms with Crippen LogP contribution in [0.3, 0.4) is 0 Å². The van der Waals surface area contributed by atoms with Crippen molar-refractivity contribution in [3.05, 3.63) is 99.3 Å². The van der Waals surface area contributed by atoms with E-state index < -0.39 is 17.7 Å². The van der Waals surface area contributed by atoms with Gasteiger partial charge in [-0.15, -0.1) is 0 Å². The highest BCUT2D eigenvalue weighted by Gasteiger charge is 2.47. The second-order valence-corrected chi connectivity index (χ2v) is 11.4. The molecule has 47 heavy (non-hydrogen) atoms. The Morgan fingerprint density at radius 3 is 2.11 bits per heavy atom. The Hall–Kier alpha value is -5.38. The number of aliphatic hydroxyl groups excluding tert-OH is 1. The Kier molecular flexibility index (Phi) is 9.51. The topological polar surface area (TPSA) is 118 Å². The molecule has 0 fully saturated rings. The van der Waals surface area contributed by atoms with Gasteiger partial charge < -0.3 is 24.2 Å². The van der Waals surface area contributed by atoms with Crippen LogP contribution < -0.4 is 19.4 Å². The van der Waals surface area contributed by atoms with Gasteiger partial charge in [0.15, 0.2) is 5.71 Å². The molecular formula is C37H39N3O7. The smallest absolute Gasteiger partial charge is 0.359 e. The molecule has 1 aliphatic carbocycles. The van der Waals surface area contributed by atoms with Crippen molar-refractivity contribution < 1.29 is 33.7 Å². The number of nitrogens with zero attached hydrogens (tertiary/aromatic N) is 3. The normalized spacial score (nSPS) is 15.9. The quantitative estimate of drug-likeness (QED) is 0.203. The van der Waals surface area contributed by atoms with Crippen LogP contribution in [0.25, 0.3) is 5.57 Å². The number of benzene rings is 3. The van der Waals surface area contributed by atoms with Gasteiger partial charge in [-0.05, 0) is 100 Å². The summed E-state index contributed by atoms with van der Waals surface area (Å²) in [7, 11) is 1.62. The van der Waals surface area contributed by atoms with Gasteiger partial charge in [0.1, 0.15) is 23.9 Å². The summed E-state index contributed by atoms with van der Waals surface area (Å²) < 4.78 is 16.3. The highest BCUT2D eigenvalue weighted by Crippen LogP contribution is 2.42. The highest BCUT2D eigenvalue weighted by atomic mass is 16.5. The van der Waals surface area contributed by atoms with Crippen molar-refractivity contribution in [2.75, 3.05) is 43.3 Å². The van der Waals surface area contributed by atoms with E-state index in [0.29, 0.717) is 24.4 Å². The molecule has 3 aromatic carbocycles. The van der Waals surface area contributed by atoms with Crippen LogP contribution in [0, 0.1) is 27.7 Å². The van der Waals surface area contributed by atoms with Crippen molar-refractivity contribution in [3.63, 3.8) is 0 Å². The molecule has 0 bridgehead atoms. The number of methoxy groups -OCH3 is 1. The number of hydrazone groups is 1. The predicted octanol–water partition coefficient (Wildman–Crippen LogP) is 5.95. The number of allylic oxidation sites excluding steroid dienone is 2. The number of carbonyl (C=O) groups is 3. The van der Waals surface area contributed by atoms with E-state index in [-0.39, 0.29) is 34.8 Å². The average molecular weight is 638 g/mol. The maximum absolute atomic E-state index is 13.8. The van der Waals surface area contributed by atoms with Gasteiger partial charge in [0.25, 0.3) is 5.91 Å². The maximum Gasteiger partial charge on any atom is 0.359 e. The SMILES string of the molecule is CCOC(=O)C1=NN(c2c(C)cc(C)cc2C)C(=O)C1=C1C(=O)C(c2ccc(N(CC)CCOc3ccc(OC)cc3)cc2C)=C1O. The largest absolute Gasteiger partial charge is 0.506 e. The predicted molar refractivity (Wildman–Crippen MR) is 181 cm³/mol. The van der Waals surface area contributed by atoms with E-state index in [0.717, 1.165) is 51.0 Å². The van der Waals surface area contributed by atoms with Crippen molar-refractivity contribution in [2.45, 2.75) is 41.5 Å². The molecule has 10 heteroatoms. The summed E-state index contributed by atoms with van der Waals surface area (Å²) in [6, 6.07) is 16.8. The van der Waals surface area contributed by atoms with E-state index in [4.69, 9.17) is 14.2 Å². The first-order valence-corrected chi connectivity index (χ1v) is 15.5. The molecule has 0 aromatic heterocycles. The van der Waals surface area contributed by atoms with Crippen LogP contribution in [0.15, 0.2) is 76.6 Å². The van der Waals surface area contributed by atoms with Gasteiger partial charge in [-0.25, -0.2) is 4.79 Å². The summed E-state index contributed by atoms with van der Waals surface area (Å²) in [5, 5.41) is 16.7. The number of anilines is 2. The first-order chi connectivity index (χ1) is 22.5. The van der Waals surface area contributed by atoms with Crippen LogP contribution in [-0.4, -0.2) is 61.9 Å². The van der Waals surface area contributed by atoms with Crippen LogP contribution in [0.5, 0.6) is 11.5 Å². The fraction of sp³-hybridized carbons (Fsp3) is 0.297. The molecule has 244 valence electrons. The molecule has 3 aromatic rings. The molecule has 2 aliphatic rings. The average Bonchev–Trinajstić information content (AvgIpc) is 3.36. The van der Waals surface area contributed by atoms with Crippen molar-refractivity contribution in [1.29, 1.82) is 0 Å². The van der Waals surface area contributed by atoms with Gasteiger partial charge in [-0.3, -0.25) is 9.59 Å². The first-order valence-electron chi connectivity index (χ1n) is 15.5. The van der Waals surface area contributed by atoms with Crippen LogP contribution in [0.2, 0.25) is 0 Å². The third-order valence-corrected chi connectivity index (χ3v) is 8.25. The Labute approximate surface area is 274 Å². The number of hydrogen-bond donors (Lipinski definition) is 1. The van der Waals surface area contributed by atoms with Gasteiger partial charge >= 0.3 is 5.97 Å². The molecule has 1 heterocycles. The number of likely N-dealkylation sites (N-methyl/N-ethyl adjacent to an activating group) is 1. The number of ketones is 1. The van der Waals surface area contributed by atoms with E-state index in [1.165, 1.54) is 0 Å². The van der Waals surface area contributed by atoms with Crippen molar-refractivity contribution in [1.82, 2.24) is 0 Å². The van der Waals surface area contributed by atoms with Gasteiger partial charge in [0.05, 0.1) is 42.7 Å². The lowest BCUT2D eigenvalue weighted by Gasteiger charge is -2.27. The Balaban J connectivity index is 1.43. The van der Waals surface area contributed by atoms with Gasteiger partial charge in [0, 0.05) is 12.2 Å². The molecule has 0 spiro atoms. The molecule has 0 saturated carbocycles. The van der Waals surface area contributed by atoms with Crippen molar-refractivity contribution in [2.24, 2.45) is 5.10 Å². The molecule has 0 atom stereocenters. The van der Waals surface area contributed by atoms with Crippen LogP contribution in [-0.2, 0) is 19.1 Å². The Bertz CT molecular complexity index is 1830. The standard InChI is InChI=1S/C37H39N3O7/c1-8-39(16-17-47-27-13-11-26(45-7)12-14-27)25-10-15-28(22(4)20-25)29-34(41)31(35(29)42)30-32(37(44)46-9-2)38-40(36(30)43)33-23(5)18-21(3)19-24(33)6/h10-15,18-20,41H,8-9,16-17H2,1-7H3. The molecular weight excluding hydrogens is 598 g/mol. The number of esters is 1. The summed E-state index contributed by atoms with van der Waals surface area (Å²) >= 11 is 0. The molecule has 1 aliphatic heterocycles. The zero-order valence-corrected chi connectivity index (χ0v) is 27.8. The van der Waals surface area contributed by atoms with Gasteiger partial charge in [0.2, 0.25) is 5.78 Å². The number of ether oxygens (including phenoxy) is 3. The van der Waals surface area contributed by atoms with Crippen LogP contribution in [0.1, 0.15) is 41.7 Å². The maximum atomic E-state index is 13.8. The zero-order chi connectivity index (χ0) is 34.0. The molecule has 0 radical (unpaired) electrons. The third-order valence-electron chi connectivity index (χ3n) is 8.25. The lowest BCUT2D eigenvalue weighted by molar-refractivity contribution is -0.135. The molecule has 0 saturated heterocycles. The molecule has 1 N–H and O–H groups in total. The zero-order valence-electron chi connectivity index (χ0n) is 27.8. The number of carbonyl (C=O) groups excluding carboxylic acids is 3. The minimum Gasteiger partial charge on any atom is -0.506 e. The number of aryl methyl sites for hydroxylation is 4. The number of hydrogen-bond acceptors (Lipinski definition) is 9. The summed E-state index contributed by atoms with van der Waals surface area (Å²) in [5.41, 5.74) is 4.56. The third kappa shape index (κ3) is 6.23. The van der Waals surface area contributed by atoms with E-state index in [9.17, 15) is 19.5 Å². The van der Waals surface area contributed by atoms with Gasteiger partial charge in [-0.1, -0.05) is 23.8 Å². The minimum atomic E-state index is -0.849. The number of amides is 1. The second kappa shape index (κ2) is 13.5. The number of aliphatic hydroxyl groups is 1. The first kappa shape index (κ1) is 33.0. The lowest BCUT2D eigenvalue weighted by Crippen LogP contribution is -2.32. The summed E-state index contributed by atoms with van der Waals surface area (Å²) in [6.45, 7) is 13.0. The Morgan fingerprint density at radius 2 is 1.53 bits per heavy atom.